The van der Waals surface area contributed by atoms with Crippen LogP contribution in [0.25, 0.3) is 0 Å². The van der Waals surface area contributed by atoms with Gasteiger partial charge in [-0.2, -0.15) is 0 Å². The molecule has 0 saturated carbocycles. The quantitative estimate of drug-likeness (QED) is 0.865. The summed E-state index contributed by atoms with van der Waals surface area (Å²) in [6.45, 7) is 5.05. The van der Waals surface area contributed by atoms with Crippen LogP contribution >= 0.6 is 0 Å². The van der Waals surface area contributed by atoms with Gasteiger partial charge in [0.15, 0.2) is 0 Å². The molecule has 1 aliphatic heterocycles. The molecule has 0 bridgehead atoms. The topological polar surface area (TPSA) is 21.3 Å². The highest BCUT2D eigenvalue weighted by molar-refractivity contribution is 5.21. The predicted octanol–water partition coefficient (Wildman–Crippen LogP) is 3.43. The molecule has 0 aromatic heterocycles. The van der Waals surface area contributed by atoms with Crippen LogP contribution < -0.4 is 5.32 Å². The van der Waals surface area contributed by atoms with E-state index in [0.717, 1.165) is 31.4 Å². The zero-order valence-electron chi connectivity index (χ0n) is 11.2. The Hall–Kier alpha value is -0.930. The van der Waals surface area contributed by atoms with Crippen molar-refractivity contribution in [2.75, 3.05) is 6.61 Å². The minimum Gasteiger partial charge on any atom is -0.377 e. The Bertz CT molecular complexity index is 377. The maximum Gasteiger partial charge on any atom is 0.127 e. The predicted molar refractivity (Wildman–Crippen MR) is 71.0 cm³/mol. The third kappa shape index (κ3) is 3.09. The maximum absolute atomic E-state index is 13.8. The van der Waals surface area contributed by atoms with Crippen molar-refractivity contribution < 1.29 is 9.13 Å². The molecular weight excluding hydrogens is 229 g/mol. The number of benzene rings is 1. The molecule has 1 aromatic carbocycles. The van der Waals surface area contributed by atoms with E-state index in [2.05, 4.69) is 19.2 Å². The molecule has 3 unspecified atom stereocenters. The number of rotatable bonds is 5. The molecule has 18 heavy (non-hydrogen) atoms. The smallest absolute Gasteiger partial charge is 0.127 e. The standard InChI is InChI=1S/C15H22FNO/c1-3-14(12-7-4-5-8-13(12)16)17-11(2)15-9-6-10-18-15/h4-5,7-8,11,14-15,17H,3,6,9-10H2,1-2H3. The highest BCUT2D eigenvalue weighted by Gasteiger charge is 2.25. The third-order valence-corrected chi connectivity index (χ3v) is 3.68. The summed E-state index contributed by atoms with van der Waals surface area (Å²) in [6, 6.07) is 7.33. The highest BCUT2D eigenvalue weighted by atomic mass is 19.1. The summed E-state index contributed by atoms with van der Waals surface area (Å²) in [7, 11) is 0. The Morgan fingerprint density at radius 3 is 2.83 bits per heavy atom. The van der Waals surface area contributed by atoms with Gasteiger partial charge in [0.2, 0.25) is 0 Å². The third-order valence-electron chi connectivity index (χ3n) is 3.68. The minimum absolute atomic E-state index is 0.0606. The van der Waals surface area contributed by atoms with Gasteiger partial charge in [-0.3, -0.25) is 0 Å². The van der Waals surface area contributed by atoms with Gasteiger partial charge in [0.1, 0.15) is 5.82 Å². The monoisotopic (exact) mass is 251 g/mol. The van der Waals surface area contributed by atoms with Crippen LogP contribution in [0.15, 0.2) is 24.3 Å². The lowest BCUT2D eigenvalue weighted by Gasteiger charge is -2.26. The van der Waals surface area contributed by atoms with E-state index in [1.807, 2.05) is 12.1 Å². The number of halogens is 1. The van der Waals surface area contributed by atoms with Crippen molar-refractivity contribution in [2.45, 2.75) is 51.3 Å². The Balaban J connectivity index is 2.02. The molecule has 1 aliphatic rings. The summed E-state index contributed by atoms with van der Waals surface area (Å²) in [5.74, 6) is -0.128. The summed E-state index contributed by atoms with van der Waals surface area (Å²) in [4.78, 5) is 0. The van der Waals surface area contributed by atoms with Crippen molar-refractivity contribution in [1.82, 2.24) is 5.32 Å². The van der Waals surface area contributed by atoms with Gasteiger partial charge < -0.3 is 10.1 Å². The largest absolute Gasteiger partial charge is 0.377 e. The second kappa shape index (κ2) is 6.30. The zero-order valence-corrected chi connectivity index (χ0v) is 11.2. The van der Waals surface area contributed by atoms with Crippen molar-refractivity contribution in [2.24, 2.45) is 0 Å². The van der Waals surface area contributed by atoms with E-state index in [4.69, 9.17) is 4.74 Å². The first-order valence-corrected chi connectivity index (χ1v) is 6.84. The van der Waals surface area contributed by atoms with E-state index in [-0.39, 0.29) is 24.0 Å². The molecule has 0 spiro atoms. The molecule has 0 aliphatic carbocycles. The lowest BCUT2D eigenvalue weighted by Crippen LogP contribution is -2.39. The normalized spacial score (nSPS) is 22.9. The second-order valence-corrected chi connectivity index (χ2v) is 4.99. The van der Waals surface area contributed by atoms with E-state index in [1.165, 1.54) is 6.07 Å². The van der Waals surface area contributed by atoms with Gasteiger partial charge in [0, 0.05) is 24.3 Å². The van der Waals surface area contributed by atoms with Crippen LogP contribution in [0.2, 0.25) is 0 Å². The number of nitrogens with one attached hydrogen (secondary N) is 1. The van der Waals surface area contributed by atoms with Gasteiger partial charge in [-0.25, -0.2) is 4.39 Å². The van der Waals surface area contributed by atoms with Gasteiger partial charge in [0.05, 0.1) is 6.10 Å². The average molecular weight is 251 g/mol. The Labute approximate surface area is 109 Å². The summed E-state index contributed by atoms with van der Waals surface area (Å²) in [5, 5.41) is 3.50. The fourth-order valence-corrected chi connectivity index (χ4v) is 2.61. The zero-order chi connectivity index (χ0) is 13.0. The second-order valence-electron chi connectivity index (χ2n) is 4.99. The van der Waals surface area contributed by atoms with Crippen LogP contribution in [-0.4, -0.2) is 18.8 Å². The molecule has 100 valence electrons. The summed E-state index contributed by atoms with van der Waals surface area (Å²) >= 11 is 0. The fourth-order valence-electron chi connectivity index (χ4n) is 2.61. The molecule has 1 aromatic rings. The molecule has 1 N–H and O–H groups in total. The van der Waals surface area contributed by atoms with Crippen LogP contribution in [0.1, 0.15) is 44.7 Å². The Morgan fingerprint density at radius 2 is 2.22 bits per heavy atom. The van der Waals surface area contributed by atoms with E-state index in [1.54, 1.807) is 6.07 Å². The van der Waals surface area contributed by atoms with E-state index < -0.39 is 0 Å². The van der Waals surface area contributed by atoms with Crippen molar-refractivity contribution >= 4 is 0 Å². The summed E-state index contributed by atoms with van der Waals surface area (Å²) in [5.41, 5.74) is 0.754. The van der Waals surface area contributed by atoms with Crippen molar-refractivity contribution in [3.05, 3.63) is 35.6 Å². The van der Waals surface area contributed by atoms with E-state index >= 15 is 0 Å². The van der Waals surface area contributed by atoms with E-state index in [9.17, 15) is 4.39 Å². The highest BCUT2D eigenvalue weighted by Crippen LogP contribution is 2.23. The van der Waals surface area contributed by atoms with Gasteiger partial charge in [0.25, 0.3) is 0 Å². The molecule has 3 atom stereocenters. The minimum atomic E-state index is -0.128. The number of hydrogen-bond acceptors (Lipinski definition) is 2. The molecule has 1 saturated heterocycles. The molecule has 3 heteroatoms. The first kappa shape index (κ1) is 13.5. The molecule has 0 amide bonds. The number of ether oxygens (including phenoxy) is 1. The van der Waals surface area contributed by atoms with Crippen LogP contribution in [0.4, 0.5) is 4.39 Å². The molecular formula is C15H22FNO. The lowest BCUT2D eigenvalue weighted by molar-refractivity contribution is 0.0792. The lowest BCUT2D eigenvalue weighted by atomic mass is 10.0. The van der Waals surface area contributed by atoms with Gasteiger partial charge >= 0.3 is 0 Å². The summed E-state index contributed by atoms with van der Waals surface area (Å²) < 4.78 is 19.5. The van der Waals surface area contributed by atoms with Gasteiger partial charge in [-0.15, -0.1) is 0 Å². The van der Waals surface area contributed by atoms with Crippen molar-refractivity contribution in [3.8, 4) is 0 Å². The van der Waals surface area contributed by atoms with Crippen LogP contribution in [0, 0.1) is 5.82 Å². The molecule has 1 fully saturated rings. The van der Waals surface area contributed by atoms with Crippen LogP contribution in [-0.2, 0) is 4.74 Å². The maximum atomic E-state index is 13.8. The van der Waals surface area contributed by atoms with Crippen molar-refractivity contribution in [1.29, 1.82) is 0 Å². The van der Waals surface area contributed by atoms with Crippen LogP contribution in [0.5, 0.6) is 0 Å². The first-order chi connectivity index (χ1) is 8.72. The molecule has 1 heterocycles. The fraction of sp³-hybridized carbons (Fsp3) is 0.600. The summed E-state index contributed by atoms with van der Waals surface area (Å²) in [6.07, 6.45) is 3.37. The first-order valence-electron chi connectivity index (χ1n) is 6.84. The number of hydrogen-bond donors (Lipinski definition) is 1. The van der Waals surface area contributed by atoms with Crippen molar-refractivity contribution in [3.63, 3.8) is 0 Å². The average Bonchev–Trinajstić information content (AvgIpc) is 2.90. The van der Waals surface area contributed by atoms with Gasteiger partial charge in [-0.1, -0.05) is 25.1 Å². The van der Waals surface area contributed by atoms with Crippen LogP contribution in [0.3, 0.4) is 0 Å². The van der Waals surface area contributed by atoms with Gasteiger partial charge in [-0.05, 0) is 32.3 Å². The molecule has 2 rings (SSSR count). The Morgan fingerprint density at radius 1 is 1.44 bits per heavy atom. The van der Waals surface area contributed by atoms with E-state index in [0.29, 0.717) is 0 Å². The SMILES string of the molecule is CCC(NC(C)C1CCCO1)c1ccccc1F. The Kier molecular flexibility index (Phi) is 4.72. The molecule has 0 radical (unpaired) electrons. The molecule has 2 nitrogen and oxygen atoms in total.